The quantitative estimate of drug-likeness (QED) is 0.546. The first-order valence-corrected chi connectivity index (χ1v) is 12.6. The average molecular weight is 498 g/mol. The lowest BCUT2D eigenvalue weighted by Gasteiger charge is -2.16. The third kappa shape index (κ3) is 5.35. The monoisotopic (exact) mass is 497 g/mol. The Morgan fingerprint density at radius 2 is 1.68 bits per heavy atom. The van der Waals surface area contributed by atoms with Gasteiger partial charge < -0.3 is 5.32 Å². The molecule has 10 heteroatoms. The fourth-order valence-electron chi connectivity index (χ4n) is 3.25. The fourth-order valence-corrected chi connectivity index (χ4v) is 5.59. The lowest BCUT2D eigenvalue weighted by Crippen LogP contribution is -2.33. The maximum absolute atomic E-state index is 13.2. The Labute approximate surface area is 200 Å². The van der Waals surface area contributed by atoms with Crippen LogP contribution < -0.4 is 10.2 Å². The summed E-state index contributed by atoms with van der Waals surface area (Å²) in [5.74, 6) is -1.42. The highest BCUT2D eigenvalue weighted by molar-refractivity contribution is 8.16. The van der Waals surface area contributed by atoms with Gasteiger partial charge >= 0.3 is 0 Å². The number of carbonyl (C=O) groups excluding carboxylic acids is 2. The summed E-state index contributed by atoms with van der Waals surface area (Å²) in [6.07, 6.45) is -0.170. The third-order valence-corrected chi connectivity index (χ3v) is 7.50. The van der Waals surface area contributed by atoms with Crippen LogP contribution in [0.15, 0.2) is 88.2 Å². The number of amides is 2. The first kappa shape index (κ1) is 23.7. The van der Waals surface area contributed by atoms with Crippen molar-refractivity contribution in [1.29, 1.82) is 0 Å². The molecule has 0 aromatic heterocycles. The first-order valence-electron chi connectivity index (χ1n) is 10.3. The predicted molar refractivity (Wildman–Crippen MR) is 131 cm³/mol. The van der Waals surface area contributed by atoms with Crippen LogP contribution in [0.5, 0.6) is 0 Å². The number of thioether (sulfide) groups is 1. The molecule has 1 aliphatic rings. The molecule has 0 radical (unpaired) electrons. The number of rotatable bonds is 6. The van der Waals surface area contributed by atoms with Crippen LogP contribution in [0.3, 0.4) is 0 Å². The van der Waals surface area contributed by atoms with Gasteiger partial charge in [0.15, 0.2) is 5.17 Å². The van der Waals surface area contributed by atoms with E-state index in [1.165, 1.54) is 4.90 Å². The number of amidine groups is 1. The second-order valence-corrected chi connectivity index (χ2v) is 10.3. The number of aryl methyl sites for hydroxylation is 1. The van der Waals surface area contributed by atoms with Gasteiger partial charge in [0.1, 0.15) is 11.1 Å². The minimum atomic E-state index is -4.22. The normalized spacial score (nSPS) is 17.2. The SMILES string of the molecule is Cc1ccc(NC(=O)C[C@@H]2SC(=NS(=O)(=O)c3ccc(F)cc3)N(c3ccccc3)C2=O)cc1. The number of anilines is 2. The van der Waals surface area contributed by atoms with E-state index in [9.17, 15) is 22.4 Å². The van der Waals surface area contributed by atoms with Crippen LogP contribution in [0.4, 0.5) is 15.8 Å². The topological polar surface area (TPSA) is 95.9 Å². The Morgan fingerprint density at radius 3 is 2.32 bits per heavy atom. The number of nitrogens with zero attached hydrogens (tertiary/aromatic N) is 2. The maximum Gasteiger partial charge on any atom is 0.284 e. The van der Waals surface area contributed by atoms with Gasteiger partial charge in [-0.1, -0.05) is 47.7 Å². The van der Waals surface area contributed by atoms with Gasteiger partial charge in [0.25, 0.3) is 10.0 Å². The van der Waals surface area contributed by atoms with Crippen LogP contribution >= 0.6 is 11.8 Å². The minimum Gasteiger partial charge on any atom is -0.326 e. The Balaban J connectivity index is 1.61. The number of carbonyl (C=O) groups is 2. The molecule has 1 N–H and O–H groups in total. The van der Waals surface area contributed by atoms with Crippen molar-refractivity contribution >= 4 is 50.1 Å². The van der Waals surface area contributed by atoms with Gasteiger partial charge in [-0.15, -0.1) is 4.40 Å². The lowest BCUT2D eigenvalue weighted by molar-refractivity contribution is -0.121. The fraction of sp³-hybridized carbons (Fsp3) is 0.125. The Morgan fingerprint density at radius 1 is 1.03 bits per heavy atom. The summed E-state index contributed by atoms with van der Waals surface area (Å²) in [5.41, 5.74) is 2.06. The highest BCUT2D eigenvalue weighted by Gasteiger charge is 2.41. The molecule has 1 atom stereocenters. The van der Waals surface area contributed by atoms with Gasteiger partial charge in [-0.05, 0) is 55.5 Å². The van der Waals surface area contributed by atoms with E-state index >= 15 is 0 Å². The van der Waals surface area contributed by atoms with Crippen molar-refractivity contribution < 1.29 is 22.4 Å². The molecule has 34 heavy (non-hydrogen) atoms. The molecule has 1 aliphatic heterocycles. The second kappa shape index (κ2) is 9.78. The van der Waals surface area contributed by atoms with E-state index in [2.05, 4.69) is 9.71 Å². The summed E-state index contributed by atoms with van der Waals surface area (Å²) in [6.45, 7) is 1.93. The summed E-state index contributed by atoms with van der Waals surface area (Å²) < 4.78 is 42.8. The number of halogens is 1. The molecule has 3 aromatic rings. The summed E-state index contributed by atoms with van der Waals surface area (Å²) >= 11 is 0.900. The molecule has 2 amide bonds. The third-order valence-electron chi connectivity index (χ3n) is 4.97. The molecule has 0 saturated carbocycles. The van der Waals surface area contributed by atoms with Gasteiger partial charge in [0, 0.05) is 12.1 Å². The Kier molecular flexibility index (Phi) is 6.80. The van der Waals surface area contributed by atoms with Crippen molar-refractivity contribution in [3.63, 3.8) is 0 Å². The van der Waals surface area contributed by atoms with Crippen LogP contribution in [0.2, 0.25) is 0 Å². The summed E-state index contributed by atoms with van der Waals surface area (Å²) in [6, 6.07) is 19.9. The van der Waals surface area contributed by atoms with E-state index in [0.717, 1.165) is 41.6 Å². The summed E-state index contributed by atoms with van der Waals surface area (Å²) in [4.78, 5) is 26.8. The van der Waals surface area contributed by atoms with Crippen LogP contribution in [0, 0.1) is 12.7 Å². The van der Waals surface area contributed by atoms with Gasteiger partial charge in [0.05, 0.1) is 10.6 Å². The van der Waals surface area contributed by atoms with Gasteiger partial charge in [0.2, 0.25) is 11.8 Å². The van der Waals surface area contributed by atoms with Crippen molar-refractivity contribution in [3.8, 4) is 0 Å². The van der Waals surface area contributed by atoms with E-state index in [0.29, 0.717) is 11.4 Å². The average Bonchev–Trinajstić information content (AvgIpc) is 3.10. The summed E-state index contributed by atoms with van der Waals surface area (Å²) in [5, 5.41) is 1.81. The second-order valence-electron chi connectivity index (χ2n) is 7.54. The number of hydrogen-bond donors (Lipinski definition) is 1. The molecule has 1 fully saturated rings. The Bertz CT molecular complexity index is 1340. The highest BCUT2D eigenvalue weighted by Crippen LogP contribution is 2.35. The zero-order valence-electron chi connectivity index (χ0n) is 18.0. The molecular formula is C24H20FN3O4S2. The number of benzene rings is 3. The number of hydrogen-bond acceptors (Lipinski definition) is 5. The van der Waals surface area contributed by atoms with E-state index in [-0.39, 0.29) is 22.4 Å². The minimum absolute atomic E-state index is 0.0753. The molecular weight excluding hydrogens is 477 g/mol. The van der Waals surface area contributed by atoms with Gasteiger partial charge in [-0.25, -0.2) is 4.39 Å². The van der Waals surface area contributed by atoms with Crippen LogP contribution in [0.1, 0.15) is 12.0 Å². The van der Waals surface area contributed by atoms with E-state index < -0.39 is 27.0 Å². The molecule has 174 valence electrons. The number of nitrogens with one attached hydrogen (secondary N) is 1. The predicted octanol–water partition coefficient (Wildman–Crippen LogP) is 4.36. The molecule has 0 spiro atoms. The molecule has 7 nitrogen and oxygen atoms in total. The lowest BCUT2D eigenvalue weighted by atomic mass is 10.2. The molecule has 4 rings (SSSR count). The smallest absolute Gasteiger partial charge is 0.284 e. The van der Waals surface area contributed by atoms with Gasteiger partial charge in [-0.3, -0.25) is 14.5 Å². The van der Waals surface area contributed by atoms with Crippen LogP contribution in [-0.4, -0.2) is 30.6 Å². The largest absolute Gasteiger partial charge is 0.326 e. The first-order chi connectivity index (χ1) is 16.2. The standard InChI is InChI=1S/C24H20FN3O4S2/c1-16-7-11-18(12-8-16)26-22(29)15-21-23(30)28(19-5-3-2-4-6-19)24(33-21)27-34(31,32)20-13-9-17(25)10-14-20/h2-14,21H,15H2,1H3,(H,26,29)/t21-/m0/s1. The molecule has 1 heterocycles. The zero-order valence-corrected chi connectivity index (χ0v) is 19.6. The zero-order chi connectivity index (χ0) is 24.3. The molecule has 1 saturated heterocycles. The summed E-state index contributed by atoms with van der Waals surface area (Å²) in [7, 11) is -4.22. The van der Waals surface area contributed by atoms with Crippen LogP contribution in [-0.2, 0) is 19.6 Å². The van der Waals surface area contributed by atoms with Crippen molar-refractivity contribution in [2.24, 2.45) is 4.40 Å². The molecule has 0 aliphatic carbocycles. The van der Waals surface area contributed by atoms with Crippen molar-refractivity contribution in [1.82, 2.24) is 0 Å². The molecule has 0 unspecified atom stereocenters. The van der Waals surface area contributed by atoms with E-state index in [1.54, 1.807) is 42.5 Å². The number of para-hydroxylation sites is 1. The van der Waals surface area contributed by atoms with Crippen molar-refractivity contribution in [2.75, 3.05) is 10.2 Å². The number of sulfonamides is 1. The molecule has 0 bridgehead atoms. The Hall–Kier alpha value is -3.50. The van der Waals surface area contributed by atoms with Crippen LogP contribution in [0.25, 0.3) is 0 Å². The van der Waals surface area contributed by atoms with E-state index in [1.807, 2.05) is 19.1 Å². The molecule has 3 aromatic carbocycles. The highest BCUT2D eigenvalue weighted by atomic mass is 32.2. The van der Waals surface area contributed by atoms with Crippen molar-refractivity contribution in [2.45, 2.75) is 23.5 Å². The van der Waals surface area contributed by atoms with E-state index in [4.69, 9.17) is 0 Å². The maximum atomic E-state index is 13.2. The van der Waals surface area contributed by atoms with Crippen molar-refractivity contribution in [3.05, 3.63) is 90.2 Å². The van der Waals surface area contributed by atoms with Gasteiger partial charge in [-0.2, -0.15) is 8.42 Å².